The summed E-state index contributed by atoms with van der Waals surface area (Å²) in [5.74, 6) is 1.65. The number of aromatic nitrogens is 2. The Hall–Kier alpha value is -2.24. The second kappa shape index (κ2) is 5.63. The topological polar surface area (TPSA) is 73.6 Å². The highest BCUT2D eigenvalue weighted by molar-refractivity contribution is 5.81. The van der Waals surface area contributed by atoms with Crippen molar-refractivity contribution in [2.75, 3.05) is 13.2 Å². The van der Waals surface area contributed by atoms with Gasteiger partial charge in [0, 0.05) is 31.5 Å². The zero-order valence-corrected chi connectivity index (χ0v) is 12.0. The maximum absolute atomic E-state index is 10.7. The zero-order valence-electron chi connectivity index (χ0n) is 12.0. The molecule has 1 aliphatic heterocycles. The number of carbonyl (C=O) groups is 1. The molecule has 0 spiro atoms. The van der Waals surface area contributed by atoms with Gasteiger partial charge in [-0.1, -0.05) is 6.92 Å². The van der Waals surface area contributed by atoms with Gasteiger partial charge in [0.1, 0.15) is 19.0 Å². The van der Waals surface area contributed by atoms with Crippen molar-refractivity contribution in [3.63, 3.8) is 0 Å². The summed E-state index contributed by atoms with van der Waals surface area (Å²) in [6.45, 7) is 3.79. The molecule has 0 bridgehead atoms. The molecule has 2 aromatic rings. The van der Waals surface area contributed by atoms with Gasteiger partial charge in [-0.2, -0.15) is 0 Å². The predicted octanol–water partition coefficient (Wildman–Crippen LogP) is 2.23. The summed E-state index contributed by atoms with van der Waals surface area (Å²) in [5, 5.41) is 8.78. The molecule has 21 heavy (non-hydrogen) atoms. The van der Waals surface area contributed by atoms with E-state index in [1.165, 1.54) is 0 Å². The third-order valence-corrected chi connectivity index (χ3v) is 3.58. The highest BCUT2D eigenvalue weighted by atomic mass is 16.6. The van der Waals surface area contributed by atoms with Crippen molar-refractivity contribution in [1.82, 2.24) is 9.55 Å². The molecule has 0 amide bonds. The molecule has 6 heteroatoms. The third-order valence-electron chi connectivity index (χ3n) is 3.58. The Morgan fingerprint density at radius 1 is 1.33 bits per heavy atom. The minimum atomic E-state index is -0.772. The number of carboxylic acids is 1. The molecular weight excluding hydrogens is 272 g/mol. The van der Waals surface area contributed by atoms with E-state index in [0.29, 0.717) is 26.2 Å². The van der Waals surface area contributed by atoms with Crippen LogP contribution >= 0.6 is 0 Å². The van der Waals surface area contributed by atoms with Gasteiger partial charge >= 0.3 is 5.97 Å². The lowest BCUT2D eigenvalue weighted by molar-refractivity contribution is -0.137. The van der Waals surface area contributed by atoms with Gasteiger partial charge in [-0.25, -0.2) is 4.98 Å². The normalized spacial score (nSPS) is 13.6. The molecule has 6 nitrogen and oxygen atoms in total. The van der Waals surface area contributed by atoms with Gasteiger partial charge in [-0.3, -0.25) is 4.79 Å². The highest BCUT2D eigenvalue weighted by Gasteiger charge is 2.17. The second-order valence-electron chi connectivity index (χ2n) is 5.02. The Morgan fingerprint density at radius 2 is 2.05 bits per heavy atom. The van der Waals surface area contributed by atoms with Crippen LogP contribution in [0.4, 0.5) is 0 Å². The summed E-state index contributed by atoms with van der Waals surface area (Å²) in [6, 6.07) is 3.84. The van der Waals surface area contributed by atoms with Crippen LogP contribution < -0.4 is 9.47 Å². The van der Waals surface area contributed by atoms with Crippen LogP contribution in [0.15, 0.2) is 12.1 Å². The maximum atomic E-state index is 10.7. The van der Waals surface area contributed by atoms with Crippen LogP contribution in [0.5, 0.6) is 11.5 Å². The molecule has 1 aromatic carbocycles. The van der Waals surface area contributed by atoms with Crippen LogP contribution in [0.3, 0.4) is 0 Å². The molecule has 0 radical (unpaired) electrons. The minimum absolute atomic E-state index is 0.160. The van der Waals surface area contributed by atoms with Gasteiger partial charge < -0.3 is 19.1 Å². The van der Waals surface area contributed by atoms with E-state index < -0.39 is 5.97 Å². The number of nitrogens with zero attached hydrogens (tertiary/aromatic N) is 2. The summed E-state index contributed by atoms with van der Waals surface area (Å²) in [4.78, 5) is 15.3. The van der Waals surface area contributed by atoms with E-state index in [1.807, 2.05) is 19.1 Å². The van der Waals surface area contributed by atoms with Crippen molar-refractivity contribution < 1.29 is 19.4 Å². The number of benzene rings is 1. The molecule has 0 saturated carbocycles. The summed E-state index contributed by atoms with van der Waals surface area (Å²) >= 11 is 0. The Balaban J connectivity index is 1.98. The van der Waals surface area contributed by atoms with Crippen LogP contribution in [-0.2, 0) is 17.8 Å². The first-order valence-electron chi connectivity index (χ1n) is 7.19. The lowest BCUT2D eigenvalue weighted by Crippen LogP contribution is -2.15. The molecule has 0 aliphatic carbocycles. The first kappa shape index (κ1) is 13.7. The van der Waals surface area contributed by atoms with Crippen LogP contribution in [-0.4, -0.2) is 33.8 Å². The first-order valence-corrected chi connectivity index (χ1v) is 7.19. The van der Waals surface area contributed by atoms with Crippen molar-refractivity contribution in [1.29, 1.82) is 0 Å². The molecule has 1 aliphatic rings. The molecule has 112 valence electrons. The van der Waals surface area contributed by atoms with E-state index in [2.05, 4.69) is 9.55 Å². The highest BCUT2D eigenvalue weighted by Crippen LogP contribution is 2.34. The van der Waals surface area contributed by atoms with Gasteiger partial charge in [0.15, 0.2) is 11.5 Å². The molecule has 0 unspecified atom stereocenters. The van der Waals surface area contributed by atoms with Crippen LogP contribution in [0, 0.1) is 0 Å². The van der Waals surface area contributed by atoms with Gasteiger partial charge in [-0.15, -0.1) is 0 Å². The molecule has 0 atom stereocenters. The number of aryl methyl sites for hydroxylation is 2. The van der Waals surface area contributed by atoms with Crippen molar-refractivity contribution in [2.24, 2.45) is 0 Å². The summed E-state index contributed by atoms with van der Waals surface area (Å²) < 4.78 is 13.3. The van der Waals surface area contributed by atoms with Gasteiger partial charge in [0.2, 0.25) is 0 Å². The molecule has 0 fully saturated rings. The van der Waals surface area contributed by atoms with Gasteiger partial charge in [0.25, 0.3) is 0 Å². The lowest BCUT2D eigenvalue weighted by atomic mass is 10.2. The van der Waals surface area contributed by atoms with E-state index in [0.717, 1.165) is 34.8 Å². The number of hydrogen-bond acceptors (Lipinski definition) is 4. The molecule has 1 aromatic heterocycles. The molecular formula is C15H18N2O4. The van der Waals surface area contributed by atoms with Crippen molar-refractivity contribution in [3.05, 3.63) is 18.0 Å². The van der Waals surface area contributed by atoms with Gasteiger partial charge in [0.05, 0.1) is 11.0 Å². The molecule has 2 heterocycles. The van der Waals surface area contributed by atoms with E-state index in [4.69, 9.17) is 14.6 Å². The van der Waals surface area contributed by atoms with Crippen LogP contribution in [0.1, 0.15) is 25.6 Å². The number of aliphatic carboxylic acids is 1. The quantitative estimate of drug-likeness (QED) is 0.914. The fourth-order valence-corrected chi connectivity index (χ4v) is 2.62. The van der Waals surface area contributed by atoms with Crippen LogP contribution in [0.25, 0.3) is 11.0 Å². The summed E-state index contributed by atoms with van der Waals surface area (Å²) in [5.41, 5.74) is 1.84. The van der Waals surface area contributed by atoms with Gasteiger partial charge in [-0.05, 0) is 6.42 Å². The van der Waals surface area contributed by atoms with Crippen molar-refractivity contribution >= 4 is 17.0 Å². The Kier molecular flexibility index (Phi) is 3.68. The Bertz CT molecular complexity index is 678. The largest absolute Gasteiger partial charge is 0.486 e. The smallest absolute Gasteiger partial charge is 0.303 e. The minimum Gasteiger partial charge on any atom is -0.486 e. The number of hydrogen-bond donors (Lipinski definition) is 1. The SMILES string of the molecule is CCc1nc2cc3c(cc2n1CCCC(=O)O)OCCO3. The first-order chi connectivity index (χ1) is 10.2. The summed E-state index contributed by atoms with van der Waals surface area (Å²) in [7, 11) is 0. The zero-order chi connectivity index (χ0) is 14.8. The van der Waals surface area contributed by atoms with E-state index in [9.17, 15) is 4.79 Å². The average molecular weight is 290 g/mol. The van der Waals surface area contributed by atoms with Crippen LogP contribution in [0.2, 0.25) is 0 Å². The lowest BCUT2D eigenvalue weighted by Gasteiger charge is -2.18. The third kappa shape index (κ3) is 2.66. The summed E-state index contributed by atoms with van der Waals surface area (Å²) in [6.07, 6.45) is 1.55. The number of carboxylic acid groups (broad SMARTS) is 1. The standard InChI is InChI=1S/C15H18N2O4/c1-2-14-16-10-8-12-13(21-7-6-20-12)9-11(10)17(14)5-3-4-15(18)19/h8-9H,2-7H2,1H3,(H,18,19). The maximum Gasteiger partial charge on any atom is 0.303 e. The number of fused-ring (bicyclic) bond motifs is 2. The average Bonchev–Trinajstić information content (AvgIpc) is 2.82. The Morgan fingerprint density at radius 3 is 2.71 bits per heavy atom. The number of ether oxygens (including phenoxy) is 2. The number of imidazole rings is 1. The van der Waals surface area contributed by atoms with E-state index >= 15 is 0 Å². The fraction of sp³-hybridized carbons (Fsp3) is 0.467. The van der Waals surface area contributed by atoms with Crippen molar-refractivity contribution in [2.45, 2.75) is 32.7 Å². The molecule has 3 rings (SSSR count). The Labute approximate surface area is 122 Å². The fourth-order valence-electron chi connectivity index (χ4n) is 2.62. The van der Waals surface area contributed by atoms with E-state index in [1.54, 1.807) is 0 Å². The predicted molar refractivity (Wildman–Crippen MR) is 77.0 cm³/mol. The van der Waals surface area contributed by atoms with E-state index in [-0.39, 0.29) is 6.42 Å². The second-order valence-corrected chi connectivity index (χ2v) is 5.02. The van der Waals surface area contributed by atoms with Crippen molar-refractivity contribution in [3.8, 4) is 11.5 Å². The molecule has 1 N–H and O–H groups in total. The molecule has 0 saturated heterocycles. The monoisotopic (exact) mass is 290 g/mol. The number of rotatable bonds is 5.